The van der Waals surface area contributed by atoms with Crippen LogP contribution in [-0.4, -0.2) is 51.0 Å². The lowest BCUT2D eigenvalue weighted by atomic mass is 9.92. The Morgan fingerprint density at radius 3 is 2.69 bits per heavy atom. The van der Waals surface area contributed by atoms with Gasteiger partial charge in [0.25, 0.3) is 0 Å². The second kappa shape index (κ2) is 9.95. The number of nitrogens with zero attached hydrogens (tertiary/aromatic N) is 4. The second-order valence-electron chi connectivity index (χ2n) is 9.98. The average Bonchev–Trinajstić information content (AvgIpc) is 3.22. The Balaban J connectivity index is 1.52. The van der Waals surface area contributed by atoms with Gasteiger partial charge in [0, 0.05) is 37.0 Å². The minimum atomic E-state index is -0.871. The van der Waals surface area contributed by atoms with Crippen LogP contribution in [0.25, 0.3) is 5.65 Å². The fourth-order valence-electron chi connectivity index (χ4n) is 5.22. The fraction of sp³-hybridized carbons (Fsp3) is 0.519. The van der Waals surface area contributed by atoms with Gasteiger partial charge in [-0.1, -0.05) is 24.3 Å². The largest absolute Gasteiger partial charge is 0.481 e. The lowest BCUT2D eigenvalue weighted by Crippen LogP contribution is -2.45. The van der Waals surface area contributed by atoms with Crippen molar-refractivity contribution >= 4 is 17.4 Å². The number of aliphatic carboxylic acids is 1. The molecule has 0 radical (unpaired) electrons. The van der Waals surface area contributed by atoms with Crippen LogP contribution in [0.4, 0.5) is 5.82 Å². The van der Waals surface area contributed by atoms with Gasteiger partial charge in [-0.3, -0.25) is 4.79 Å². The minimum absolute atomic E-state index is 0.0865. The number of fused-ring (bicyclic) bond motifs is 8. The molecule has 0 unspecified atom stereocenters. The number of benzene rings is 1. The van der Waals surface area contributed by atoms with Gasteiger partial charge in [0.2, 0.25) is 0 Å². The molecule has 3 aromatic rings. The molecule has 0 aliphatic carbocycles. The van der Waals surface area contributed by atoms with E-state index in [1.165, 1.54) is 11.1 Å². The van der Waals surface area contributed by atoms with E-state index in [1.54, 1.807) is 0 Å². The van der Waals surface area contributed by atoms with Crippen molar-refractivity contribution in [3.63, 3.8) is 0 Å². The number of carboxylic acids is 1. The van der Waals surface area contributed by atoms with E-state index in [0.29, 0.717) is 24.4 Å². The molecule has 2 aromatic heterocycles. The van der Waals surface area contributed by atoms with Gasteiger partial charge in [0.05, 0.1) is 30.9 Å². The molecule has 4 bridgehead atoms. The standard InChI is InChI=1S/C27H34N4O4/c1-19-23(16-25(32)33)26-30-12-10-27(2,11-13-30)35-14-6-5-8-20-7-3-4-9-21(20)17-34-18-22-15-24(28-19)31(26)29-22/h3-4,7,9,15H,5-6,8,10-14,16-18H2,1-2H3,(H,32,33). The van der Waals surface area contributed by atoms with Gasteiger partial charge < -0.3 is 19.5 Å². The van der Waals surface area contributed by atoms with Crippen LogP contribution >= 0.6 is 0 Å². The maximum Gasteiger partial charge on any atom is 0.308 e. The molecule has 35 heavy (non-hydrogen) atoms. The molecule has 1 N–H and O–H groups in total. The molecule has 3 aliphatic heterocycles. The van der Waals surface area contributed by atoms with E-state index in [-0.39, 0.29) is 12.0 Å². The zero-order valence-corrected chi connectivity index (χ0v) is 20.6. The second-order valence-corrected chi connectivity index (χ2v) is 9.98. The third-order valence-electron chi connectivity index (χ3n) is 7.30. The van der Waals surface area contributed by atoms with Crippen molar-refractivity contribution in [2.75, 3.05) is 24.6 Å². The number of rotatable bonds is 2. The highest BCUT2D eigenvalue weighted by Gasteiger charge is 2.33. The first-order chi connectivity index (χ1) is 16.9. The van der Waals surface area contributed by atoms with Crippen LogP contribution < -0.4 is 4.90 Å². The predicted molar refractivity (Wildman–Crippen MR) is 133 cm³/mol. The highest BCUT2D eigenvalue weighted by Crippen LogP contribution is 2.33. The average molecular weight is 479 g/mol. The van der Waals surface area contributed by atoms with E-state index in [1.807, 2.05) is 17.5 Å². The van der Waals surface area contributed by atoms with E-state index in [0.717, 1.165) is 69.0 Å². The van der Waals surface area contributed by atoms with Crippen LogP contribution in [-0.2, 0) is 40.3 Å². The number of hydrogen-bond donors (Lipinski definition) is 1. The minimum Gasteiger partial charge on any atom is -0.481 e. The van der Waals surface area contributed by atoms with E-state index in [4.69, 9.17) is 19.6 Å². The first kappa shape index (κ1) is 23.8. The summed E-state index contributed by atoms with van der Waals surface area (Å²) in [5.74, 6) is -0.0424. The normalized spacial score (nSPS) is 18.9. The number of aryl methyl sites for hydroxylation is 2. The van der Waals surface area contributed by atoms with E-state index in [9.17, 15) is 9.90 Å². The lowest BCUT2D eigenvalue weighted by molar-refractivity contribution is -0.136. The first-order valence-corrected chi connectivity index (χ1v) is 12.6. The van der Waals surface area contributed by atoms with Gasteiger partial charge in [-0.2, -0.15) is 9.61 Å². The lowest BCUT2D eigenvalue weighted by Gasteiger charge is -2.41. The third-order valence-corrected chi connectivity index (χ3v) is 7.30. The Bertz CT molecular complexity index is 1210. The third kappa shape index (κ3) is 5.18. The molecule has 5 heterocycles. The predicted octanol–water partition coefficient (Wildman–Crippen LogP) is 4.09. The van der Waals surface area contributed by atoms with Crippen LogP contribution in [0.3, 0.4) is 0 Å². The summed E-state index contributed by atoms with van der Waals surface area (Å²) in [6, 6.07) is 10.4. The molecule has 0 saturated carbocycles. The van der Waals surface area contributed by atoms with Crippen molar-refractivity contribution in [2.24, 2.45) is 0 Å². The maximum absolute atomic E-state index is 11.7. The summed E-state index contributed by atoms with van der Waals surface area (Å²) in [5.41, 5.74) is 5.30. The zero-order chi connectivity index (χ0) is 24.4. The maximum atomic E-state index is 11.7. The molecule has 1 aromatic carbocycles. The molecule has 8 heteroatoms. The summed E-state index contributed by atoms with van der Waals surface area (Å²) in [5, 5.41) is 14.4. The molecule has 3 aliphatic rings. The Morgan fingerprint density at radius 1 is 1.14 bits per heavy atom. The summed E-state index contributed by atoms with van der Waals surface area (Å²) in [6.45, 7) is 7.29. The van der Waals surface area contributed by atoms with Crippen LogP contribution in [0.1, 0.15) is 60.7 Å². The summed E-state index contributed by atoms with van der Waals surface area (Å²) >= 11 is 0. The molecular formula is C27H34N4O4. The van der Waals surface area contributed by atoms with E-state index in [2.05, 4.69) is 36.1 Å². The van der Waals surface area contributed by atoms with E-state index < -0.39 is 5.97 Å². The SMILES string of the molecule is Cc1nc2cc3nn2c(c1CC(=O)O)N1CCC(C)(CC1)OCCCCc1ccccc1COC3. The molecule has 1 fully saturated rings. The van der Waals surface area contributed by atoms with Gasteiger partial charge in [-0.05, 0) is 57.1 Å². The summed E-state index contributed by atoms with van der Waals surface area (Å²) in [6.07, 6.45) is 4.79. The molecule has 0 spiro atoms. The topological polar surface area (TPSA) is 89.2 Å². The number of carboxylic acid groups (broad SMARTS) is 1. The zero-order valence-electron chi connectivity index (χ0n) is 20.6. The molecular weight excluding hydrogens is 444 g/mol. The molecule has 0 amide bonds. The van der Waals surface area contributed by atoms with Crippen molar-refractivity contribution in [3.8, 4) is 0 Å². The van der Waals surface area contributed by atoms with Gasteiger partial charge in [0.1, 0.15) is 5.82 Å². The van der Waals surface area contributed by atoms with Gasteiger partial charge in [-0.15, -0.1) is 0 Å². The first-order valence-electron chi connectivity index (χ1n) is 12.6. The summed E-state index contributed by atoms with van der Waals surface area (Å²) in [4.78, 5) is 18.7. The number of piperidine rings is 1. The fourth-order valence-corrected chi connectivity index (χ4v) is 5.22. The van der Waals surface area contributed by atoms with Crippen molar-refractivity contribution in [3.05, 3.63) is 58.4 Å². The quantitative estimate of drug-likeness (QED) is 0.593. The van der Waals surface area contributed by atoms with Crippen LogP contribution in [0.5, 0.6) is 0 Å². The van der Waals surface area contributed by atoms with Crippen molar-refractivity contribution in [1.82, 2.24) is 14.6 Å². The molecule has 186 valence electrons. The number of carbonyl (C=O) groups is 1. The summed E-state index contributed by atoms with van der Waals surface area (Å²) in [7, 11) is 0. The molecule has 6 rings (SSSR count). The van der Waals surface area contributed by atoms with Crippen LogP contribution in [0, 0.1) is 6.92 Å². The number of hydrogen-bond acceptors (Lipinski definition) is 6. The molecule has 1 saturated heterocycles. The van der Waals surface area contributed by atoms with Crippen LogP contribution in [0.15, 0.2) is 30.3 Å². The highest BCUT2D eigenvalue weighted by molar-refractivity contribution is 5.74. The Hall–Kier alpha value is -2.97. The molecule has 0 atom stereocenters. The monoisotopic (exact) mass is 478 g/mol. The van der Waals surface area contributed by atoms with Crippen molar-refractivity contribution in [1.29, 1.82) is 0 Å². The number of anilines is 1. The number of ether oxygens (including phenoxy) is 2. The summed E-state index contributed by atoms with van der Waals surface area (Å²) < 4.78 is 14.3. The Morgan fingerprint density at radius 2 is 1.91 bits per heavy atom. The Kier molecular flexibility index (Phi) is 6.75. The Labute approximate surface area is 205 Å². The van der Waals surface area contributed by atoms with Crippen LogP contribution in [0.2, 0.25) is 0 Å². The van der Waals surface area contributed by atoms with Gasteiger partial charge in [0.15, 0.2) is 5.65 Å². The highest BCUT2D eigenvalue weighted by atomic mass is 16.5. The van der Waals surface area contributed by atoms with Crippen molar-refractivity contribution in [2.45, 2.75) is 71.2 Å². The number of aromatic nitrogens is 3. The molecule has 8 nitrogen and oxygen atoms in total. The van der Waals surface area contributed by atoms with Crippen molar-refractivity contribution < 1.29 is 19.4 Å². The van der Waals surface area contributed by atoms with Gasteiger partial charge in [-0.25, -0.2) is 4.98 Å². The smallest absolute Gasteiger partial charge is 0.308 e. The van der Waals surface area contributed by atoms with Gasteiger partial charge >= 0.3 is 5.97 Å². The van der Waals surface area contributed by atoms with E-state index >= 15 is 0 Å².